The third-order valence-corrected chi connectivity index (χ3v) is 5.65. The standard InChI is InChI=1S/C15H26N2O2S/c1-5-20-12-8-6-7-11(12)17-13(9(2)3)14(18)16-10(4)15(17)19/h9-13H,5-8H2,1-4H3,(H,16,18). The molecule has 0 spiro atoms. The SMILES string of the molecule is CCSC1CCCC1N1C(=O)C(C)NC(=O)C1C(C)C. The number of hydrogen-bond acceptors (Lipinski definition) is 3. The minimum Gasteiger partial charge on any atom is -0.343 e. The summed E-state index contributed by atoms with van der Waals surface area (Å²) in [7, 11) is 0. The van der Waals surface area contributed by atoms with Crippen LogP contribution in [0, 0.1) is 5.92 Å². The molecule has 0 aromatic carbocycles. The van der Waals surface area contributed by atoms with Crippen molar-refractivity contribution in [2.45, 2.75) is 70.3 Å². The van der Waals surface area contributed by atoms with E-state index in [1.54, 1.807) is 6.92 Å². The van der Waals surface area contributed by atoms with Crippen molar-refractivity contribution in [2.75, 3.05) is 5.75 Å². The highest BCUT2D eigenvalue weighted by Crippen LogP contribution is 2.36. The molecule has 2 aliphatic rings. The molecule has 1 N–H and O–H groups in total. The van der Waals surface area contributed by atoms with Gasteiger partial charge in [-0.25, -0.2) is 0 Å². The second kappa shape index (κ2) is 6.37. The quantitative estimate of drug-likeness (QED) is 0.864. The van der Waals surface area contributed by atoms with Crippen molar-refractivity contribution < 1.29 is 9.59 Å². The largest absolute Gasteiger partial charge is 0.343 e. The van der Waals surface area contributed by atoms with Crippen molar-refractivity contribution in [1.29, 1.82) is 0 Å². The van der Waals surface area contributed by atoms with Gasteiger partial charge in [-0.3, -0.25) is 9.59 Å². The van der Waals surface area contributed by atoms with Crippen LogP contribution in [0.5, 0.6) is 0 Å². The maximum atomic E-state index is 12.6. The molecule has 1 saturated carbocycles. The summed E-state index contributed by atoms with van der Waals surface area (Å²) in [6.45, 7) is 8.00. The first-order valence-corrected chi connectivity index (χ1v) is 8.76. The van der Waals surface area contributed by atoms with Crippen LogP contribution in [0.4, 0.5) is 0 Å². The van der Waals surface area contributed by atoms with E-state index in [2.05, 4.69) is 12.2 Å². The molecule has 2 amide bonds. The average Bonchev–Trinajstić information content (AvgIpc) is 2.81. The van der Waals surface area contributed by atoms with Crippen molar-refractivity contribution in [3.63, 3.8) is 0 Å². The van der Waals surface area contributed by atoms with E-state index in [0.717, 1.165) is 25.0 Å². The molecule has 0 radical (unpaired) electrons. The van der Waals surface area contributed by atoms with E-state index in [4.69, 9.17) is 0 Å². The first kappa shape index (κ1) is 15.7. The first-order valence-electron chi connectivity index (χ1n) is 7.71. The number of nitrogens with one attached hydrogen (secondary N) is 1. The van der Waals surface area contributed by atoms with E-state index < -0.39 is 0 Å². The zero-order valence-electron chi connectivity index (χ0n) is 12.9. The Kier molecular flexibility index (Phi) is 4.99. The molecule has 0 aromatic rings. The summed E-state index contributed by atoms with van der Waals surface area (Å²) < 4.78 is 0. The van der Waals surface area contributed by atoms with Gasteiger partial charge in [0.25, 0.3) is 0 Å². The third kappa shape index (κ3) is 2.83. The fourth-order valence-corrected chi connectivity index (χ4v) is 4.73. The zero-order valence-corrected chi connectivity index (χ0v) is 13.7. The van der Waals surface area contributed by atoms with Crippen LogP contribution in [0.15, 0.2) is 0 Å². The van der Waals surface area contributed by atoms with Gasteiger partial charge < -0.3 is 10.2 Å². The lowest BCUT2D eigenvalue weighted by atomic mass is 9.95. The second-order valence-corrected chi connectivity index (χ2v) is 7.67. The lowest BCUT2D eigenvalue weighted by molar-refractivity contribution is -0.153. The summed E-state index contributed by atoms with van der Waals surface area (Å²) in [4.78, 5) is 26.9. The Morgan fingerprint density at radius 2 is 2.05 bits per heavy atom. The fraction of sp³-hybridized carbons (Fsp3) is 0.867. The predicted molar refractivity (Wildman–Crippen MR) is 82.6 cm³/mol. The van der Waals surface area contributed by atoms with Crippen LogP contribution in [0.25, 0.3) is 0 Å². The molecule has 4 atom stereocenters. The molecule has 1 aliphatic carbocycles. The number of carbonyl (C=O) groups excluding carboxylic acids is 2. The highest BCUT2D eigenvalue weighted by Gasteiger charge is 2.46. The van der Waals surface area contributed by atoms with Crippen LogP contribution in [-0.4, -0.2) is 45.8 Å². The first-order chi connectivity index (χ1) is 9.47. The highest BCUT2D eigenvalue weighted by molar-refractivity contribution is 7.99. The Morgan fingerprint density at radius 1 is 1.35 bits per heavy atom. The number of rotatable bonds is 4. The summed E-state index contributed by atoms with van der Waals surface area (Å²) in [5.74, 6) is 1.33. The predicted octanol–water partition coefficient (Wildman–Crippen LogP) is 2.03. The molecule has 1 heterocycles. The molecule has 0 aromatic heterocycles. The Balaban J connectivity index is 2.27. The van der Waals surface area contributed by atoms with Gasteiger partial charge in [-0.1, -0.05) is 27.2 Å². The van der Waals surface area contributed by atoms with Crippen LogP contribution >= 0.6 is 11.8 Å². The van der Waals surface area contributed by atoms with Crippen LogP contribution in [-0.2, 0) is 9.59 Å². The van der Waals surface area contributed by atoms with E-state index in [-0.39, 0.29) is 35.9 Å². The van der Waals surface area contributed by atoms with Gasteiger partial charge in [-0.05, 0) is 31.4 Å². The minimum absolute atomic E-state index is 0.0132. The van der Waals surface area contributed by atoms with Crippen molar-refractivity contribution in [1.82, 2.24) is 10.2 Å². The van der Waals surface area contributed by atoms with Gasteiger partial charge in [0, 0.05) is 11.3 Å². The van der Waals surface area contributed by atoms with Gasteiger partial charge in [0.15, 0.2) is 0 Å². The van der Waals surface area contributed by atoms with Gasteiger partial charge in [0.05, 0.1) is 0 Å². The Hall–Kier alpha value is -0.710. The molecule has 2 rings (SSSR count). The summed E-state index contributed by atoms with van der Waals surface area (Å²) >= 11 is 1.93. The van der Waals surface area contributed by atoms with Gasteiger partial charge in [0.1, 0.15) is 12.1 Å². The van der Waals surface area contributed by atoms with Crippen LogP contribution in [0.2, 0.25) is 0 Å². The monoisotopic (exact) mass is 298 g/mol. The highest BCUT2D eigenvalue weighted by atomic mass is 32.2. The molecule has 4 nitrogen and oxygen atoms in total. The minimum atomic E-state index is -0.384. The maximum Gasteiger partial charge on any atom is 0.245 e. The number of piperazine rings is 1. The summed E-state index contributed by atoms with van der Waals surface area (Å²) in [6, 6.07) is -0.458. The van der Waals surface area contributed by atoms with Gasteiger partial charge in [-0.15, -0.1) is 0 Å². The van der Waals surface area contributed by atoms with Crippen molar-refractivity contribution in [3.8, 4) is 0 Å². The number of thioether (sulfide) groups is 1. The lowest BCUT2D eigenvalue weighted by Gasteiger charge is -2.45. The molecule has 4 unspecified atom stereocenters. The fourth-order valence-electron chi connectivity index (χ4n) is 3.47. The number of hydrogen-bond donors (Lipinski definition) is 1. The summed E-state index contributed by atoms with van der Waals surface area (Å²) in [5, 5.41) is 3.31. The van der Waals surface area contributed by atoms with Gasteiger partial charge in [0.2, 0.25) is 11.8 Å². The molecule has 5 heteroatoms. The van der Waals surface area contributed by atoms with E-state index in [0.29, 0.717) is 5.25 Å². The normalized spacial score (nSPS) is 34.8. The van der Waals surface area contributed by atoms with E-state index in [1.165, 1.54) is 0 Å². The Bertz CT molecular complexity index is 386. The molecular weight excluding hydrogens is 272 g/mol. The van der Waals surface area contributed by atoms with Gasteiger partial charge in [-0.2, -0.15) is 11.8 Å². The van der Waals surface area contributed by atoms with Gasteiger partial charge >= 0.3 is 0 Å². The average molecular weight is 298 g/mol. The molecule has 1 saturated heterocycles. The smallest absolute Gasteiger partial charge is 0.245 e. The second-order valence-electron chi connectivity index (χ2n) is 6.16. The van der Waals surface area contributed by atoms with Crippen LogP contribution < -0.4 is 5.32 Å². The molecule has 0 bridgehead atoms. The molecule has 2 fully saturated rings. The molecule has 114 valence electrons. The number of amides is 2. The van der Waals surface area contributed by atoms with E-state index in [1.807, 2.05) is 30.5 Å². The van der Waals surface area contributed by atoms with Crippen LogP contribution in [0.3, 0.4) is 0 Å². The van der Waals surface area contributed by atoms with E-state index >= 15 is 0 Å². The van der Waals surface area contributed by atoms with Crippen LogP contribution in [0.1, 0.15) is 47.0 Å². The van der Waals surface area contributed by atoms with E-state index in [9.17, 15) is 9.59 Å². The molecule has 1 aliphatic heterocycles. The maximum absolute atomic E-state index is 12.6. The zero-order chi connectivity index (χ0) is 14.9. The Morgan fingerprint density at radius 3 is 2.65 bits per heavy atom. The number of nitrogens with zero attached hydrogens (tertiary/aromatic N) is 1. The Labute approximate surface area is 126 Å². The molecule has 20 heavy (non-hydrogen) atoms. The number of carbonyl (C=O) groups is 2. The summed E-state index contributed by atoms with van der Waals surface area (Å²) in [5.41, 5.74) is 0. The molecular formula is C15H26N2O2S. The third-order valence-electron chi connectivity index (χ3n) is 4.34. The topological polar surface area (TPSA) is 49.4 Å². The lowest BCUT2D eigenvalue weighted by Crippen LogP contribution is -2.67. The van der Waals surface area contributed by atoms with Crippen molar-refractivity contribution >= 4 is 23.6 Å². The summed E-state index contributed by atoms with van der Waals surface area (Å²) in [6.07, 6.45) is 3.35. The van der Waals surface area contributed by atoms with Crippen molar-refractivity contribution in [3.05, 3.63) is 0 Å². The van der Waals surface area contributed by atoms with Crippen molar-refractivity contribution in [2.24, 2.45) is 5.92 Å².